The molecular weight excluding hydrogens is 274 g/mol. The molecule has 0 saturated carbocycles. The SMILES string of the molecule is C=CCNC(=NC)N1CCN(c2cc(F)ccc2F)CC1. The summed E-state index contributed by atoms with van der Waals surface area (Å²) in [6.45, 7) is 6.95. The first kappa shape index (κ1) is 15.3. The fourth-order valence-corrected chi connectivity index (χ4v) is 2.38. The Kier molecular flexibility index (Phi) is 5.14. The van der Waals surface area contributed by atoms with Crippen LogP contribution in [-0.4, -0.2) is 50.6 Å². The highest BCUT2D eigenvalue weighted by molar-refractivity contribution is 5.80. The normalized spacial score (nSPS) is 16.0. The first-order valence-electron chi connectivity index (χ1n) is 6.92. The van der Waals surface area contributed by atoms with Gasteiger partial charge in [-0.15, -0.1) is 6.58 Å². The van der Waals surface area contributed by atoms with E-state index in [9.17, 15) is 8.78 Å². The second kappa shape index (κ2) is 7.06. The molecule has 1 fully saturated rings. The number of piperazine rings is 1. The lowest BCUT2D eigenvalue weighted by molar-refractivity contribution is 0.372. The molecule has 114 valence electrons. The van der Waals surface area contributed by atoms with Crippen LogP contribution < -0.4 is 10.2 Å². The van der Waals surface area contributed by atoms with Gasteiger partial charge < -0.3 is 15.1 Å². The highest BCUT2D eigenvalue weighted by atomic mass is 19.1. The maximum atomic E-state index is 13.8. The Morgan fingerprint density at radius 3 is 2.67 bits per heavy atom. The minimum atomic E-state index is -0.419. The van der Waals surface area contributed by atoms with Gasteiger partial charge in [-0.1, -0.05) is 6.08 Å². The summed E-state index contributed by atoms with van der Waals surface area (Å²) in [4.78, 5) is 8.16. The Morgan fingerprint density at radius 2 is 2.05 bits per heavy atom. The molecule has 0 radical (unpaired) electrons. The van der Waals surface area contributed by atoms with Crippen molar-refractivity contribution < 1.29 is 8.78 Å². The second-order valence-electron chi connectivity index (χ2n) is 4.79. The number of hydrogen-bond donors (Lipinski definition) is 1. The van der Waals surface area contributed by atoms with Crippen LogP contribution in [0.5, 0.6) is 0 Å². The van der Waals surface area contributed by atoms with Crippen molar-refractivity contribution in [1.82, 2.24) is 10.2 Å². The summed E-state index contributed by atoms with van der Waals surface area (Å²) in [5.41, 5.74) is 0.323. The van der Waals surface area contributed by atoms with E-state index in [1.807, 2.05) is 4.90 Å². The molecule has 0 amide bonds. The van der Waals surface area contributed by atoms with Crippen molar-refractivity contribution in [1.29, 1.82) is 0 Å². The minimum absolute atomic E-state index is 0.323. The standard InChI is InChI=1S/C15H20F2N4/c1-3-6-19-15(18-2)21-9-7-20(8-10-21)14-11-12(16)4-5-13(14)17/h3-5,11H,1,6-10H2,2H3,(H,18,19). The third kappa shape index (κ3) is 3.71. The van der Waals surface area contributed by atoms with Crippen molar-refractivity contribution in [3.8, 4) is 0 Å². The number of aliphatic imine (C=N–C) groups is 1. The van der Waals surface area contributed by atoms with Crippen LogP contribution in [0.4, 0.5) is 14.5 Å². The van der Waals surface area contributed by atoms with E-state index in [1.165, 1.54) is 12.1 Å². The van der Waals surface area contributed by atoms with Gasteiger partial charge in [0.15, 0.2) is 5.96 Å². The number of halogens is 2. The number of nitrogens with one attached hydrogen (secondary N) is 1. The highest BCUT2D eigenvalue weighted by Crippen LogP contribution is 2.21. The Morgan fingerprint density at radius 1 is 1.33 bits per heavy atom. The summed E-state index contributed by atoms with van der Waals surface area (Å²) < 4.78 is 27.0. The van der Waals surface area contributed by atoms with Gasteiger partial charge in [-0.25, -0.2) is 8.78 Å². The molecule has 1 saturated heterocycles. The molecule has 21 heavy (non-hydrogen) atoms. The fourth-order valence-electron chi connectivity index (χ4n) is 2.38. The van der Waals surface area contributed by atoms with Crippen molar-refractivity contribution in [2.75, 3.05) is 44.7 Å². The second-order valence-corrected chi connectivity index (χ2v) is 4.79. The van der Waals surface area contributed by atoms with Crippen molar-refractivity contribution in [2.45, 2.75) is 0 Å². The molecule has 0 spiro atoms. The minimum Gasteiger partial charge on any atom is -0.366 e. The molecule has 4 nitrogen and oxygen atoms in total. The van der Waals surface area contributed by atoms with Crippen LogP contribution in [0.2, 0.25) is 0 Å². The zero-order valence-corrected chi connectivity index (χ0v) is 12.1. The van der Waals surface area contributed by atoms with Crippen LogP contribution in [0.25, 0.3) is 0 Å². The van der Waals surface area contributed by atoms with Crippen molar-refractivity contribution in [3.63, 3.8) is 0 Å². The number of anilines is 1. The zero-order valence-electron chi connectivity index (χ0n) is 12.1. The van der Waals surface area contributed by atoms with Crippen LogP contribution in [0.1, 0.15) is 0 Å². The average molecular weight is 294 g/mol. The van der Waals surface area contributed by atoms with Gasteiger partial charge in [-0.2, -0.15) is 0 Å². The molecule has 0 aliphatic carbocycles. The maximum absolute atomic E-state index is 13.8. The summed E-state index contributed by atoms with van der Waals surface area (Å²) >= 11 is 0. The van der Waals surface area contributed by atoms with Gasteiger partial charge >= 0.3 is 0 Å². The van der Waals surface area contributed by atoms with E-state index in [0.717, 1.165) is 12.0 Å². The van der Waals surface area contributed by atoms with E-state index >= 15 is 0 Å². The zero-order chi connectivity index (χ0) is 15.2. The molecule has 1 aromatic carbocycles. The predicted octanol–water partition coefficient (Wildman–Crippen LogP) is 1.85. The Labute approximate surface area is 123 Å². The Bertz CT molecular complexity index is 522. The van der Waals surface area contributed by atoms with E-state index in [2.05, 4.69) is 21.8 Å². The average Bonchev–Trinajstić information content (AvgIpc) is 2.51. The molecule has 0 atom stereocenters. The summed E-state index contributed by atoms with van der Waals surface area (Å²) in [6.07, 6.45) is 1.77. The third-order valence-electron chi connectivity index (χ3n) is 3.44. The molecule has 1 heterocycles. The van der Waals surface area contributed by atoms with Crippen LogP contribution in [-0.2, 0) is 0 Å². The van der Waals surface area contributed by atoms with Gasteiger partial charge in [0.2, 0.25) is 0 Å². The van der Waals surface area contributed by atoms with Gasteiger partial charge in [-0.05, 0) is 12.1 Å². The number of guanidine groups is 1. The van der Waals surface area contributed by atoms with E-state index in [4.69, 9.17) is 0 Å². The van der Waals surface area contributed by atoms with Crippen LogP contribution in [0.15, 0.2) is 35.8 Å². The van der Waals surface area contributed by atoms with Crippen molar-refractivity contribution in [3.05, 3.63) is 42.5 Å². The number of nitrogens with zero attached hydrogens (tertiary/aromatic N) is 3. The smallest absolute Gasteiger partial charge is 0.194 e. The maximum Gasteiger partial charge on any atom is 0.194 e. The largest absolute Gasteiger partial charge is 0.366 e. The number of rotatable bonds is 3. The van der Waals surface area contributed by atoms with Crippen LogP contribution in [0, 0.1) is 11.6 Å². The van der Waals surface area contributed by atoms with Gasteiger partial charge in [0.05, 0.1) is 5.69 Å². The topological polar surface area (TPSA) is 30.9 Å². The molecule has 0 bridgehead atoms. The number of benzene rings is 1. The summed E-state index contributed by atoms with van der Waals surface area (Å²) in [6, 6.07) is 3.55. The molecule has 0 unspecified atom stereocenters. The van der Waals surface area contributed by atoms with Gasteiger partial charge in [-0.3, -0.25) is 4.99 Å². The van der Waals surface area contributed by atoms with E-state index < -0.39 is 5.82 Å². The lowest BCUT2D eigenvalue weighted by Crippen LogP contribution is -2.52. The van der Waals surface area contributed by atoms with Gasteiger partial charge in [0.25, 0.3) is 0 Å². The summed E-state index contributed by atoms with van der Waals surface area (Å²) in [5.74, 6) is -0.00873. The molecule has 1 aliphatic heterocycles. The molecule has 1 N–H and O–H groups in total. The Hall–Kier alpha value is -2.11. The van der Waals surface area contributed by atoms with Gasteiger partial charge in [0.1, 0.15) is 11.6 Å². The van der Waals surface area contributed by atoms with Crippen molar-refractivity contribution >= 4 is 11.6 Å². The third-order valence-corrected chi connectivity index (χ3v) is 3.44. The van der Waals surface area contributed by atoms with Gasteiger partial charge in [0, 0.05) is 45.8 Å². The monoisotopic (exact) mass is 294 g/mol. The predicted molar refractivity (Wildman–Crippen MR) is 81.7 cm³/mol. The molecule has 2 rings (SSSR count). The van der Waals surface area contributed by atoms with Crippen molar-refractivity contribution in [2.24, 2.45) is 4.99 Å². The van der Waals surface area contributed by atoms with Crippen LogP contribution >= 0.6 is 0 Å². The number of hydrogen-bond acceptors (Lipinski definition) is 2. The highest BCUT2D eigenvalue weighted by Gasteiger charge is 2.21. The molecular formula is C15H20F2N4. The lowest BCUT2D eigenvalue weighted by Gasteiger charge is -2.37. The fraction of sp³-hybridized carbons (Fsp3) is 0.400. The first-order chi connectivity index (χ1) is 10.2. The molecule has 1 aliphatic rings. The molecule has 1 aromatic rings. The van der Waals surface area contributed by atoms with Crippen LogP contribution in [0.3, 0.4) is 0 Å². The van der Waals surface area contributed by atoms with E-state index in [-0.39, 0.29) is 5.82 Å². The molecule has 0 aromatic heterocycles. The molecule has 6 heteroatoms. The summed E-state index contributed by atoms with van der Waals surface area (Å²) in [7, 11) is 1.73. The quantitative estimate of drug-likeness (QED) is 0.524. The summed E-state index contributed by atoms with van der Waals surface area (Å²) in [5, 5.41) is 3.17. The first-order valence-corrected chi connectivity index (χ1v) is 6.92. The lowest BCUT2D eigenvalue weighted by atomic mass is 10.2. The Balaban J connectivity index is 1.99. The van der Waals surface area contributed by atoms with E-state index in [0.29, 0.717) is 38.4 Å². The van der Waals surface area contributed by atoms with E-state index in [1.54, 1.807) is 13.1 Å².